The third-order valence-electron chi connectivity index (χ3n) is 4.64. The lowest BCUT2D eigenvalue weighted by molar-refractivity contribution is 0.0786. The van der Waals surface area contributed by atoms with Crippen molar-refractivity contribution < 1.29 is 14.6 Å². The summed E-state index contributed by atoms with van der Waals surface area (Å²) < 4.78 is 14.0. The summed E-state index contributed by atoms with van der Waals surface area (Å²) in [5.74, 6) is 1.03. The summed E-state index contributed by atoms with van der Waals surface area (Å²) in [6, 6.07) is 9.16. The van der Waals surface area contributed by atoms with Crippen LogP contribution in [-0.4, -0.2) is 56.2 Å². The number of anilines is 1. The van der Waals surface area contributed by atoms with Crippen molar-refractivity contribution in [3.63, 3.8) is 0 Å². The number of imidazole rings is 1. The second-order valence-corrected chi connectivity index (χ2v) is 7.51. The van der Waals surface area contributed by atoms with Crippen molar-refractivity contribution in [3.8, 4) is 5.75 Å². The van der Waals surface area contributed by atoms with Gasteiger partial charge < -0.3 is 24.5 Å². The first-order chi connectivity index (χ1) is 14.9. The van der Waals surface area contributed by atoms with E-state index in [1.807, 2.05) is 32.0 Å². The quantitative estimate of drug-likeness (QED) is 0.388. The average molecular weight is 431 g/mol. The van der Waals surface area contributed by atoms with Crippen molar-refractivity contribution in [2.24, 2.45) is 7.05 Å². The van der Waals surface area contributed by atoms with Gasteiger partial charge in [-0.3, -0.25) is 14.3 Å². The average Bonchev–Trinajstić information content (AvgIpc) is 3.09. The SMILES string of the molecule is CC(C)OCCCNc1nc2c(c(=O)[nH]c(=O)n2C)n1C[C@@H](O)COc1ccccc1. The molecule has 2 aromatic heterocycles. The number of ether oxygens (including phenoxy) is 2. The van der Waals surface area contributed by atoms with Gasteiger partial charge in [-0.2, -0.15) is 4.98 Å². The van der Waals surface area contributed by atoms with E-state index in [-0.39, 0.29) is 30.4 Å². The van der Waals surface area contributed by atoms with E-state index in [0.29, 0.717) is 24.8 Å². The highest BCUT2D eigenvalue weighted by Gasteiger charge is 2.19. The third-order valence-corrected chi connectivity index (χ3v) is 4.64. The van der Waals surface area contributed by atoms with Crippen molar-refractivity contribution in [2.45, 2.75) is 39.0 Å². The molecule has 0 unspecified atom stereocenters. The minimum Gasteiger partial charge on any atom is -0.491 e. The Morgan fingerprint density at radius 2 is 1.97 bits per heavy atom. The number of aryl methyl sites for hydroxylation is 1. The maximum absolute atomic E-state index is 12.5. The van der Waals surface area contributed by atoms with Crippen LogP contribution in [0, 0.1) is 0 Å². The van der Waals surface area contributed by atoms with Crippen LogP contribution in [0.3, 0.4) is 0 Å². The summed E-state index contributed by atoms with van der Waals surface area (Å²) in [5.41, 5.74) is -0.655. The number of hydrogen-bond acceptors (Lipinski definition) is 7. The second kappa shape index (κ2) is 10.3. The number of aliphatic hydroxyl groups excluding tert-OH is 1. The van der Waals surface area contributed by atoms with E-state index in [1.165, 1.54) is 11.6 Å². The van der Waals surface area contributed by atoms with Gasteiger partial charge in [-0.05, 0) is 32.4 Å². The molecule has 168 valence electrons. The monoisotopic (exact) mass is 431 g/mol. The molecule has 31 heavy (non-hydrogen) atoms. The first-order valence-electron chi connectivity index (χ1n) is 10.3. The minimum atomic E-state index is -0.904. The van der Waals surface area contributed by atoms with Gasteiger partial charge in [0.2, 0.25) is 5.95 Å². The molecular weight excluding hydrogens is 402 g/mol. The van der Waals surface area contributed by atoms with Gasteiger partial charge in [-0.15, -0.1) is 0 Å². The van der Waals surface area contributed by atoms with Gasteiger partial charge in [-0.1, -0.05) is 18.2 Å². The fourth-order valence-corrected chi connectivity index (χ4v) is 3.11. The van der Waals surface area contributed by atoms with Crippen molar-refractivity contribution in [3.05, 3.63) is 51.2 Å². The van der Waals surface area contributed by atoms with Gasteiger partial charge in [-0.25, -0.2) is 4.79 Å². The molecule has 0 aliphatic heterocycles. The molecule has 3 aromatic rings. The van der Waals surface area contributed by atoms with Crippen LogP contribution >= 0.6 is 0 Å². The van der Waals surface area contributed by atoms with Crippen LogP contribution in [0.5, 0.6) is 5.75 Å². The van der Waals surface area contributed by atoms with Crippen molar-refractivity contribution >= 4 is 17.1 Å². The molecule has 3 N–H and O–H groups in total. The summed E-state index contributed by atoms with van der Waals surface area (Å²) in [6.07, 6.45) is -0.0208. The Morgan fingerprint density at radius 3 is 2.68 bits per heavy atom. The number of aromatic amines is 1. The Hall–Kier alpha value is -3.11. The third kappa shape index (κ3) is 5.74. The second-order valence-electron chi connectivity index (χ2n) is 7.51. The van der Waals surface area contributed by atoms with Crippen LogP contribution in [0.4, 0.5) is 5.95 Å². The van der Waals surface area contributed by atoms with Gasteiger partial charge in [0.15, 0.2) is 11.2 Å². The summed E-state index contributed by atoms with van der Waals surface area (Å²) >= 11 is 0. The van der Waals surface area contributed by atoms with Gasteiger partial charge in [0.1, 0.15) is 18.5 Å². The van der Waals surface area contributed by atoms with Crippen molar-refractivity contribution in [2.75, 3.05) is 25.1 Å². The number of hydrogen-bond donors (Lipinski definition) is 3. The molecule has 0 saturated carbocycles. The lowest BCUT2D eigenvalue weighted by atomic mass is 10.3. The molecule has 1 atom stereocenters. The number of aliphatic hydroxyl groups is 1. The van der Waals surface area contributed by atoms with Crippen molar-refractivity contribution in [1.82, 2.24) is 19.1 Å². The van der Waals surface area contributed by atoms with Gasteiger partial charge in [0, 0.05) is 20.2 Å². The minimum absolute atomic E-state index is 0.0367. The van der Waals surface area contributed by atoms with Crippen LogP contribution in [0.15, 0.2) is 39.9 Å². The summed E-state index contributed by atoms with van der Waals surface area (Å²) in [6.45, 7) is 5.18. The molecule has 0 bridgehead atoms. The topological polar surface area (TPSA) is 123 Å². The Balaban J connectivity index is 1.80. The molecule has 10 nitrogen and oxygen atoms in total. The first kappa shape index (κ1) is 22.6. The normalized spacial score (nSPS) is 12.4. The summed E-state index contributed by atoms with van der Waals surface area (Å²) in [5, 5.41) is 13.7. The molecule has 0 aliphatic rings. The maximum Gasteiger partial charge on any atom is 0.329 e. The van der Waals surface area contributed by atoms with E-state index in [2.05, 4.69) is 15.3 Å². The molecule has 3 rings (SSSR count). The molecule has 0 spiro atoms. The van der Waals surface area contributed by atoms with Crippen LogP contribution in [-0.2, 0) is 18.3 Å². The fraction of sp³-hybridized carbons (Fsp3) is 0.476. The van der Waals surface area contributed by atoms with Gasteiger partial charge in [0.05, 0.1) is 12.6 Å². The van der Waals surface area contributed by atoms with E-state index < -0.39 is 17.4 Å². The van der Waals surface area contributed by atoms with Crippen LogP contribution < -0.4 is 21.3 Å². The number of para-hydroxylation sites is 1. The molecular formula is C21H29N5O5. The largest absolute Gasteiger partial charge is 0.491 e. The molecule has 0 fully saturated rings. The van der Waals surface area contributed by atoms with Gasteiger partial charge >= 0.3 is 5.69 Å². The van der Waals surface area contributed by atoms with Crippen LogP contribution in [0.2, 0.25) is 0 Å². The van der Waals surface area contributed by atoms with Crippen LogP contribution in [0.1, 0.15) is 20.3 Å². The molecule has 0 aliphatic carbocycles. The lowest BCUT2D eigenvalue weighted by Crippen LogP contribution is -2.31. The zero-order valence-electron chi connectivity index (χ0n) is 18.0. The van der Waals surface area contributed by atoms with Crippen LogP contribution in [0.25, 0.3) is 11.2 Å². The van der Waals surface area contributed by atoms with E-state index in [4.69, 9.17) is 9.47 Å². The number of rotatable bonds is 11. The number of H-pyrrole nitrogens is 1. The predicted octanol–water partition coefficient (Wildman–Crippen LogP) is 1.09. The highest BCUT2D eigenvalue weighted by atomic mass is 16.5. The standard InChI is InChI=1S/C21H29N5O5/c1-14(2)30-11-7-10-22-20-23-18-17(19(28)24-21(29)25(18)3)26(20)12-15(27)13-31-16-8-5-4-6-9-16/h4-6,8-9,14-15,27H,7,10-13H2,1-3H3,(H,22,23)(H,24,28,29)/t15-/m1/s1. The smallest absolute Gasteiger partial charge is 0.329 e. The number of aromatic nitrogens is 4. The number of benzene rings is 1. The zero-order chi connectivity index (χ0) is 22.4. The summed E-state index contributed by atoms with van der Waals surface area (Å²) in [7, 11) is 1.53. The van der Waals surface area contributed by atoms with E-state index in [1.54, 1.807) is 16.7 Å². The zero-order valence-corrected chi connectivity index (χ0v) is 18.0. The molecule has 0 amide bonds. The molecule has 1 aromatic carbocycles. The predicted molar refractivity (Wildman–Crippen MR) is 118 cm³/mol. The van der Waals surface area contributed by atoms with E-state index in [0.717, 1.165) is 6.42 Å². The fourth-order valence-electron chi connectivity index (χ4n) is 3.11. The number of fused-ring (bicyclic) bond motifs is 1. The Morgan fingerprint density at radius 1 is 1.23 bits per heavy atom. The van der Waals surface area contributed by atoms with Gasteiger partial charge in [0.25, 0.3) is 5.56 Å². The highest BCUT2D eigenvalue weighted by Crippen LogP contribution is 2.17. The van der Waals surface area contributed by atoms with E-state index >= 15 is 0 Å². The van der Waals surface area contributed by atoms with E-state index in [9.17, 15) is 14.7 Å². The summed E-state index contributed by atoms with van der Waals surface area (Å²) in [4.78, 5) is 31.2. The highest BCUT2D eigenvalue weighted by molar-refractivity contribution is 5.74. The Kier molecular flexibility index (Phi) is 7.48. The molecule has 2 heterocycles. The number of nitrogens with zero attached hydrogens (tertiary/aromatic N) is 3. The molecule has 0 saturated heterocycles. The molecule has 10 heteroatoms. The Labute approximate surface area is 179 Å². The molecule has 0 radical (unpaired) electrons. The maximum atomic E-state index is 12.5. The Bertz CT molecular complexity index is 1100. The first-order valence-corrected chi connectivity index (χ1v) is 10.3. The lowest BCUT2D eigenvalue weighted by Gasteiger charge is -2.16. The van der Waals surface area contributed by atoms with Crippen molar-refractivity contribution in [1.29, 1.82) is 0 Å². The number of nitrogens with one attached hydrogen (secondary N) is 2.